The molecule has 0 spiro atoms. The normalized spacial score (nSPS) is 18.1. The zero-order valence-electron chi connectivity index (χ0n) is 16.6. The van der Waals surface area contributed by atoms with Crippen molar-refractivity contribution in [2.45, 2.75) is 32.3 Å². The molecule has 0 amide bonds. The van der Waals surface area contributed by atoms with Crippen molar-refractivity contribution in [3.63, 3.8) is 0 Å². The molecule has 0 saturated carbocycles. The molecule has 162 valence electrons. The lowest BCUT2D eigenvalue weighted by Gasteiger charge is -2.25. The van der Waals surface area contributed by atoms with E-state index in [2.05, 4.69) is 4.74 Å². The maximum Gasteiger partial charge on any atom is 0.387 e. The number of pyridine rings is 1. The number of aryl methyl sites for hydroxylation is 1. The van der Waals surface area contributed by atoms with E-state index in [4.69, 9.17) is 18.9 Å². The van der Waals surface area contributed by atoms with Gasteiger partial charge in [0, 0.05) is 36.9 Å². The lowest BCUT2D eigenvalue weighted by atomic mass is 9.94. The molecule has 2 aliphatic rings. The summed E-state index contributed by atoms with van der Waals surface area (Å²) in [5.74, 6) is 0.512. The van der Waals surface area contributed by atoms with Gasteiger partial charge in [-0.2, -0.15) is 8.78 Å². The summed E-state index contributed by atoms with van der Waals surface area (Å²) < 4.78 is 53.8. The Morgan fingerprint density at radius 2 is 2.10 bits per heavy atom. The number of fused-ring (bicyclic) bond motifs is 3. The van der Waals surface area contributed by atoms with Gasteiger partial charge in [-0.1, -0.05) is 0 Å². The summed E-state index contributed by atoms with van der Waals surface area (Å²) in [6.45, 7) is -0.587. The van der Waals surface area contributed by atoms with Gasteiger partial charge in [-0.25, -0.2) is 0 Å². The fourth-order valence-corrected chi connectivity index (χ4v) is 3.75. The van der Waals surface area contributed by atoms with E-state index < -0.39 is 6.61 Å². The Labute approximate surface area is 172 Å². The predicted octanol–water partition coefficient (Wildman–Crippen LogP) is 2.61. The minimum Gasteiger partial charge on any atom is -0.491 e. The van der Waals surface area contributed by atoms with Crippen molar-refractivity contribution in [2.75, 3.05) is 33.5 Å². The SMILES string of the molecule is COCc1cc2c(cc1OC(F)F)CCn1c-2cc(OC[C@@H]2COCCO2)cc1=O. The molecule has 0 bridgehead atoms. The minimum atomic E-state index is -2.93. The number of hydrogen-bond donors (Lipinski definition) is 0. The summed E-state index contributed by atoms with van der Waals surface area (Å²) in [6.07, 6.45) is 0.343. The largest absolute Gasteiger partial charge is 0.491 e. The molecule has 3 heterocycles. The molecular weight excluding hydrogens is 400 g/mol. The number of ether oxygens (including phenoxy) is 5. The molecule has 30 heavy (non-hydrogen) atoms. The average molecular weight is 423 g/mol. The number of halogens is 2. The Bertz CT molecular complexity index is 955. The summed E-state index contributed by atoms with van der Waals surface area (Å²) in [6, 6.07) is 6.57. The summed E-state index contributed by atoms with van der Waals surface area (Å²) in [5, 5.41) is 0. The lowest BCUT2D eigenvalue weighted by molar-refractivity contribution is -0.101. The molecular formula is C21H23F2NO6. The molecule has 1 saturated heterocycles. The van der Waals surface area contributed by atoms with Crippen LogP contribution in [-0.4, -0.2) is 50.8 Å². The monoisotopic (exact) mass is 423 g/mol. The molecule has 4 rings (SSSR count). The van der Waals surface area contributed by atoms with E-state index in [1.54, 1.807) is 22.8 Å². The third kappa shape index (κ3) is 4.48. The van der Waals surface area contributed by atoms with Crippen LogP contribution in [0, 0.1) is 0 Å². The van der Waals surface area contributed by atoms with E-state index in [1.807, 2.05) is 0 Å². The Hall–Kier alpha value is -2.49. The number of methoxy groups -OCH3 is 1. The quantitative estimate of drug-likeness (QED) is 0.682. The van der Waals surface area contributed by atoms with Crippen molar-refractivity contribution in [1.29, 1.82) is 0 Å². The number of aromatic nitrogens is 1. The first-order valence-corrected chi connectivity index (χ1v) is 9.72. The van der Waals surface area contributed by atoms with Crippen LogP contribution in [0.15, 0.2) is 29.1 Å². The van der Waals surface area contributed by atoms with Crippen molar-refractivity contribution in [3.05, 3.63) is 45.7 Å². The first-order valence-electron chi connectivity index (χ1n) is 9.72. The standard InChI is InChI=1S/C21H23F2NO6/c1-26-10-14-6-17-13(7-19(14)30-21(22)23)2-3-24-18(17)8-15(9-20(24)25)29-12-16-11-27-4-5-28-16/h6-9,16,21H,2-5,10-12H2,1H3/t16-/m0/s1. The second-order valence-electron chi connectivity index (χ2n) is 7.12. The van der Waals surface area contributed by atoms with Gasteiger partial charge in [0.25, 0.3) is 5.56 Å². The smallest absolute Gasteiger partial charge is 0.387 e. The van der Waals surface area contributed by atoms with Gasteiger partial charge in [0.2, 0.25) is 0 Å². The zero-order chi connectivity index (χ0) is 21.1. The van der Waals surface area contributed by atoms with Crippen molar-refractivity contribution in [3.8, 4) is 22.8 Å². The van der Waals surface area contributed by atoms with Crippen LogP contribution in [0.2, 0.25) is 0 Å². The van der Waals surface area contributed by atoms with Crippen LogP contribution >= 0.6 is 0 Å². The van der Waals surface area contributed by atoms with Crippen molar-refractivity contribution in [1.82, 2.24) is 4.57 Å². The van der Waals surface area contributed by atoms with Crippen LogP contribution in [0.3, 0.4) is 0 Å². The Kier molecular flexibility index (Phi) is 6.31. The van der Waals surface area contributed by atoms with E-state index in [9.17, 15) is 13.6 Å². The lowest BCUT2D eigenvalue weighted by Crippen LogP contribution is -2.33. The van der Waals surface area contributed by atoms with Crippen LogP contribution in [0.4, 0.5) is 8.78 Å². The molecule has 1 aromatic carbocycles. The average Bonchev–Trinajstić information content (AvgIpc) is 2.73. The Morgan fingerprint density at radius 1 is 1.23 bits per heavy atom. The van der Waals surface area contributed by atoms with Gasteiger partial charge in [0.05, 0.1) is 32.1 Å². The summed E-state index contributed by atoms with van der Waals surface area (Å²) in [4.78, 5) is 12.6. The summed E-state index contributed by atoms with van der Waals surface area (Å²) in [5.41, 5.74) is 2.56. The molecule has 7 nitrogen and oxygen atoms in total. The highest BCUT2D eigenvalue weighted by Gasteiger charge is 2.23. The van der Waals surface area contributed by atoms with Crippen LogP contribution in [-0.2, 0) is 33.8 Å². The number of rotatable bonds is 7. The molecule has 1 aromatic heterocycles. The van der Waals surface area contributed by atoms with Crippen LogP contribution < -0.4 is 15.0 Å². The third-order valence-electron chi connectivity index (χ3n) is 5.11. The molecule has 1 atom stereocenters. The molecule has 0 aliphatic carbocycles. The first-order chi connectivity index (χ1) is 14.5. The van der Waals surface area contributed by atoms with Crippen molar-refractivity contribution in [2.24, 2.45) is 0 Å². The highest BCUT2D eigenvalue weighted by Crippen LogP contribution is 2.36. The van der Waals surface area contributed by atoms with Crippen molar-refractivity contribution < 1.29 is 32.5 Å². The maximum absolute atomic E-state index is 12.8. The second-order valence-corrected chi connectivity index (χ2v) is 7.12. The van der Waals surface area contributed by atoms with Gasteiger partial charge in [0.15, 0.2) is 0 Å². The van der Waals surface area contributed by atoms with E-state index in [0.29, 0.717) is 49.8 Å². The minimum absolute atomic E-state index is 0.0863. The molecule has 0 radical (unpaired) electrons. The van der Waals surface area contributed by atoms with Crippen molar-refractivity contribution >= 4 is 0 Å². The first kappa shape index (κ1) is 20.8. The van der Waals surface area contributed by atoms with Gasteiger partial charge >= 0.3 is 6.61 Å². The predicted molar refractivity (Wildman–Crippen MR) is 103 cm³/mol. The van der Waals surface area contributed by atoms with Crippen LogP contribution in [0.5, 0.6) is 11.5 Å². The van der Waals surface area contributed by atoms with Gasteiger partial charge < -0.3 is 28.3 Å². The molecule has 1 fully saturated rings. The highest BCUT2D eigenvalue weighted by molar-refractivity contribution is 5.69. The summed E-state index contributed by atoms with van der Waals surface area (Å²) >= 11 is 0. The second kappa shape index (κ2) is 9.11. The maximum atomic E-state index is 12.8. The summed E-state index contributed by atoms with van der Waals surface area (Å²) in [7, 11) is 1.48. The highest BCUT2D eigenvalue weighted by atomic mass is 19.3. The fraction of sp³-hybridized carbons (Fsp3) is 0.476. The van der Waals surface area contributed by atoms with E-state index in [1.165, 1.54) is 13.2 Å². The van der Waals surface area contributed by atoms with E-state index >= 15 is 0 Å². The number of nitrogens with zero attached hydrogens (tertiary/aromatic N) is 1. The Balaban J connectivity index is 1.66. The van der Waals surface area contributed by atoms with Gasteiger partial charge in [-0.05, 0) is 24.1 Å². The topological polar surface area (TPSA) is 68.2 Å². The molecule has 2 aromatic rings. The molecule has 0 unspecified atom stereocenters. The molecule has 2 aliphatic heterocycles. The van der Waals surface area contributed by atoms with Crippen LogP contribution in [0.25, 0.3) is 11.3 Å². The third-order valence-corrected chi connectivity index (χ3v) is 5.11. The number of hydrogen-bond acceptors (Lipinski definition) is 6. The number of benzene rings is 1. The van der Waals surface area contributed by atoms with Gasteiger partial charge in [-0.15, -0.1) is 0 Å². The van der Waals surface area contributed by atoms with Gasteiger partial charge in [-0.3, -0.25) is 4.79 Å². The molecule has 0 N–H and O–H groups in total. The fourth-order valence-electron chi connectivity index (χ4n) is 3.75. The van der Waals surface area contributed by atoms with Crippen LogP contribution in [0.1, 0.15) is 11.1 Å². The Morgan fingerprint density at radius 3 is 2.83 bits per heavy atom. The van der Waals surface area contributed by atoms with E-state index in [0.717, 1.165) is 11.1 Å². The zero-order valence-corrected chi connectivity index (χ0v) is 16.6. The number of alkyl halides is 2. The van der Waals surface area contributed by atoms with Gasteiger partial charge in [0.1, 0.15) is 24.2 Å². The van der Waals surface area contributed by atoms with E-state index in [-0.39, 0.29) is 30.6 Å². The molecule has 9 heteroatoms.